The molecule has 1 heteroatoms. The monoisotopic (exact) mass is 272 g/mol. The van der Waals surface area contributed by atoms with Gasteiger partial charge >= 0.3 is 0 Å². The van der Waals surface area contributed by atoms with Gasteiger partial charge in [-0.1, -0.05) is 74.7 Å². The van der Waals surface area contributed by atoms with Crippen molar-refractivity contribution in [2.24, 2.45) is 23.2 Å². The summed E-state index contributed by atoms with van der Waals surface area (Å²) < 4.78 is 0. The maximum atomic E-state index is 8.68. The second-order valence-electron chi connectivity index (χ2n) is 7.39. The predicted molar refractivity (Wildman–Crippen MR) is 88.4 cm³/mol. The SMILES string of the molecule is CCC(C)C(C)C(C)C(C)(C)C.CCCCC(C)O. The Labute approximate surface area is 123 Å². The lowest BCUT2D eigenvalue weighted by Crippen LogP contribution is -2.27. The zero-order chi connectivity index (χ0) is 15.6. The summed E-state index contributed by atoms with van der Waals surface area (Å²) in [6.07, 6.45) is 4.50. The van der Waals surface area contributed by atoms with Crippen LogP contribution in [0, 0.1) is 23.2 Å². The molecule has 0 aromatic rings. The second kappa shape index (κ2) is 10.7. The summed E-state index contributed by atoms with van der Waals surface area (Å²) in [5.74, 6) is 2.52. The van der Waals surface area contributed by atoms with E-state index in [2.05, 4.69) is 55.4 Å². The molecule has 0 fully saturated rings. The fourth-order valence-electron chi connectivity index (χ4n) is 2.15. The molecular weight excluding hydrogens is 232 g/mol. The Morgan fingerprint density at radius 1 is 0.947 bits per heavy atom. The van der Waals surface area contributed by atoms with Crippen LogP contribution in [-0.2, 0) is 0 Å². The highest BCUT2D eigenvalue weighted by atomic mass is 16.3. The Morgan fingerprint density at radius 2 is 1.42 bits per heavy atom. The largest absolute Gasteiger partial charge is 0.393 e. The number of rotatable bonds is 6. The molecule has 4 atom stereocenters. The van der Waals surface area contributed by atoms with Crippen LogP contribution in [-0.4, -0.2) is 11.2 Å². The molecule has 0 aliphatic heterocycles. The molecule has 19 heavy (non-hydrogen) atoms. The van der Waals surface area contributed by atoms with Crippen molar-refractivity contribution in [3.8, 4) is 0 Å². The Bertz CT molecular complexity index is 190. The third-order valence-electron chi connectivity index (χ3n) is 4.67. The maximum Gasteiger partial charge on any atom is 0.0512 e. The number of hydrogen-bond donors (Lipinski definition) is 1. The van der Waals surface area contributed by atoms with Gasteiger partial charge in [-0.15, -0.1) is 0 Å². The van der Waals surface area contributed by atoms with Gasteiger partial charge in [0.25, 0.3) is 0 Å². The third kappa shape index (κ3) is 11.5. The molecule has 0 rings (SSSR count). The lowest BCUT2D eigenvalue weighted by atomic mass is 9.70. The molecule has 118 valence electrons. The van der Waals surface area contributed by atoms with Crippen LogP contribution in [0.25, 0.3) is 0 Å². The lowest BCUT2D eigenvalue weighted by molar-refractivity contribution is 0.143. The van der Waals surface area contributed by atoms with Gasteiger partial charge in [0.1, 0.15) is 0 Å². The minimum Gasteiger partial charge on any atom is -0.393 e. The van der Waals surface area contributed by atoms with Crippen molar-refractivity contribution >= 4 is 0 Å². The van der Waals surface area contributed by atoms with Crippen LogP contribution < -0.4 is 0 Å². The van der Waals surface area contributed by atoms with E-state index in [0.29, 0.717) is 5.41 Å². The van der Waals surface area contributed by atoms with Crippen LogP contribution in [0.5, 0.6) is 0 Å². The minimum atomic E-state index is -0.0973. The van der Waals surface area contributed by atoms with Crippen molar-refractivity contribution in [2.45, 2.75) is 94.1 Å². The summed E-state index contributed by atoms with van der Waals surface area (Å²) in [6.45, 7) is 20.4. The van der Waals surface area contributed by atoms with E-state index in [1.165, 1.54) is 12.8 Å². The standard InChI is InChI=1S/C12H26.C6H14O/c1-8-9(2)10(3)11(4)12(5,6)7;1-3-4-5-6(2)7/h9-11H,8H2,1-7H3;6-7H,3-5H2,1-2H3. The minimum absolute atomic E-state index is 0.0973. The van der Waals surface area contributed by atoms with Gasteiger partial charge in [0.2, 0.25) is 0 Å². The first-order chi connectivity index (χ1) is 8.57. The van der Waals surface area contributed by atoms with Crippen LogP contribution in [0.1, 0.15) is 88.0 Å². The van der Waals surface area contributed by atoms with E-state index in [0.717, 1.165) is 30.6 Å². The van der Waals surface area contributed by atoms with E-state index >= 15 is 0 Å². The molecule has 0 bridgehead atoms. The van der Waals surface area contributed by atoms with Crippen molar-refractivity contribution in [1.82, 2.24) is 0 Å². The number of aliphatic hydroxyl groups is 1. The number of hydrogen-bond acceptors (Lipinski definition) is 1. The molecule has 0 saturated heterocycles. The molecule has 0 spiro atoms. The fraction of sp³-hybridized carbons (Fsp3) is 1.00. The quantitative estimate of drug-likeness (QED) is 0.637. The Morgan fingerprint density at radius 3 is 1.63 bits per heavy atom. The van der Waals surface area contributed by atoms with E-state index in [4.69, 9.17) is 5.11 Å². The predicted octanol–water partition coefficient (Wildman–Crippen LogP) is 5.91. The van der Waals surface area contributed by atoms with Crippen LogP contribution in [0.4, 0.5) is 0 Å². The average molecular weight is 273 g/mol. The molecule has 0 aliphatic rings. The van der Waals surface area contributed by atoms with Crippen LogP contribution in [0.15, 0.2) is 0 Å². The smallest absolute Gasteiger partial charge is 0.0512 e. The molecule has 0 saturated carbocycles. The normalized spacial score (nSPS) is 18.0. The Kier molecular flexibility index (Phi) is 12.0. The Balaban J connectivity index is 0. The molecule has 0 amide bonds. The first-order valence-corrected chi connectivity index (χ1v) is 8.25. The molecule has 0 radical (unpaired) electrons. The fourth-order valence-corrected chi connectivity index (χ4v) is 2.15. The van der Waals surface area contributed by atoms with Crippen LogP contribution in [0.3, 0.4) is 0 Å². The van der Waals surface area contributed by atoms with Gasteiger partial charge in [-0.25, -0.2) is 0 Å². The first kappa shape index (κ1) is 21.3. The topological polar surface area (TPSA) is 20.2 Å². The summed E-state index contributed by atoms with van der Waals surface area (Å²) in [5, 5.41) is 8.68. The number of aliphatic hydroxyl groups excluding tert-OH is 1. The molecule has 0 heterocycles. The summed E-state index contributed by atoms with van der Waals surface area (Å²) >= 11 is 0. The molecule has 1 nitrogen and oxygen atoms in total. The van der Waals surface area contributed by atoms with Gasteiger partial charge in [-0.05, 0) is 36.5 Å². The summed E-state index contributed by atoms with van der Waals surface area (Å²) in [7, 11) is 0. The molecule has 1 N–H and O–H groups in total. The highest BCUT2D eigenvalue weighted by molar-refractivity contribution is 4.77. The van der Waals surface area contributed by atoms with E-state index in [1.54, 1.807) is 0 Å². The number of unbranched alkanes of at least 4 members (excludes halogenated alkanes) is 1. The van der Waals surface area contributed by atoms with Crippen molar-refractivity contribution < 1.29 is 5.11 Å². The molecule has 4 unspecified atom stereocenters. The molecule has 0 aromatic carbocycles. The second-order valence-corrected chi connectivity index (χ2v) is 7.39. The van der Waals surface area contributed by atoms with E-state index in [9.17, 15) is 0 Å². The van der Waals surface area contributed by atoms with Gasteiger partial charge in [-0.2, -0.15) is 0 Å². The highest BCUT2D eigenvalue weighted by Crippen LogP contribution is 2.35. The van der Waals surface area contributed by atoms with E-state index in [1.807, 2.05) is 6.92 Å². The third-order valence-corrected chi connectivity index (χ3v) is 4.67. The van der Waals surface area contributed by atoms with Crippen LogP contribution >= 0.6 is 0 Å². The zero-order valence-electron chi connectivity index (χ0n) is 15.1. The van der Waals surface area contributed by atoms with Crippen molar-refractivity contribution in [2.75, 3.05) is 0 Å². The van der Waals surface area contributed by atoms with E-state index in [-0.39, 0.29) is 6.10 Å². The van der Waals surface area contributed by atoms with Gasteiger partial charge in [-0.3, -0.25) is 0 Å². The van der Waals surface area contributed by atoms with Gasteiger partial charge < -0.3 is 5.11 Å². The van der Waals surface area contributed by atoms with Gasteiger partial charge in [0.15, 0.2) is 0 Å². The molecular formula is C18H40O. The molecule has 0 aliphatic carbocycles. The summed E-state index contributed by atoms with van der Waals surface area (Å²) in [4.78, 5) is 0. The van der Waals surface area contributed by atoms with Crippen molar-refractivity contribution in [3.63, 3.8) is 0 Å². The highest BCUT2D eigenvalue weighted by Gasteiger charge is 2.27. The van der Waals surface area contributed by atoms with Crippen molar-refractivity contribution in [1.29, 1.82) is 0 Å². The van der Waals surface area contributed by atoms with Crippen LogP contribution in [0.2, 0.25) is 0 Å². The molecule has 0 aromatic heterocycles. The first-order valence-electron chi connectivity index (χ1n) is 8.25. The maximum absolute atomic E-state index is 8.68. The lowest BCUT2D eigenvalue weighted by Gasteiger charge is -2.35. The summed E-state index contributed by atoms with van der Waals surface area (Å²) in [5.41, 5.74) is 0.461. The average Bonchev–Trinajstić information content (AvgIpc) is 2.33. The van der Waals surface area contributed by atoms with Crippen molar-refractivity contribution in [3.05, 3.63) is 0 Å². The van der Waals surface area contributed by atoms with Gasteiger partial charge in [0.05, 0.1) is 6.10 Å². The Hall–Kier alpha value is -0.0400. The van der Waals surface area contributed by atoms with E-state index < -0.39 is 0 Å². The van der Waals surface area contributed by atoms with Gasteiger partial charge in [0, 0.05) is 0 Å². The zero-order valence-corrected chi connectivity index (χ0v) is 15.1. The summed E-state index contributed by atoms with van der Waals surface area (Å²) in [6, 6.07) is 0.